The van der Waals surface area contributed by atoms with Gasteiger partial charge >= 0.3 is 5.97 Å². The predicted octanol–water partition coefficient (Wildman–Crippen LogP) is 4.38. The van der Waals surface area contributed by atoms with Crippen LogP contribution in [0.2, 0.25) is 0 Å². The molecule has 1 amide bonds. The van der Waals surface area contributed by atoms with Gasteiger partial charge in [0, 0.05) is 0 Å². The van der Waals surface area contributed by atoms with Crippen molar-refractivity contribution in [3.63, 3.8) is 0 Å². The van der Waals surface area contributed by atoms with E-state index >= 15 is 0 Å². The van der Waals surface area contributed by atoms with E-state index < -0.39 is 18.0 Å². The second kappa shape index (κ2) is 9.53. The number of nitrogens with one attached hydrogen (secondary N) is 1. The highest BCUT2D eigenvalue weighted by Crippen LogP contribution is 2.22. The van der Waals surface area contributed by atoms with E-state index in [1.165, 1.54) is 18.3 Å². The van der Waals surface area contributed by atoms with Gasteiger partial charge in [-0.15, -0.1) is 11.3 Å². The summed E-state index contributed by atoms with van der Waals surface area (Å²) >= 11 is 1.23. The van der Waals surface area contributed by atoms with Crippen molar-refractivity contribution in [2.24, 2.45) is 0 Å². The molecule has 0 aliphatic carbocycles. The zero-order chi connectivity index (χ0) is 20.6. The molecule has 1 atom stereocenters. The van der Waals surface area contributed by atoms with E-state index in [0.29, 0.717) is 28.5 Å². The van der Waals surface area contributed by atoms with E-state index in [1.807, 2.05) is 36.4 Å². The van der Waals surface area contributed by atoms with E-state index in [-0.39, 0.29) is 0 Å². The van der Waals surface area contributed by atoms with E-state index in [2.05, 4.69) is 5.32 Å². The zero-order valence-electron chi connectivity index (χ0n) is 15.6. The van der Waals surface area contributed by atoms with Crippen LogP contribution in [0.4, 0.5) is 5.00 Å². The summed E-state index contributed by atoms with van der Waals surface area (Å²) in [6.07, 6.45) is -1.01. The number of rotatable bonds is 7. The van der Waals surface area contributed by atoms with Gasteiger partial charge in [-0.2, -0.15) is 5.26 Å². The van der Waals surface area contributed by atoms with Crippen LogP contribution in [0, 0.1) is 11.3 Å². The minimum Gasteiger partial charge on any atom is -0.489 e. The number of ether oxygens (including phenoxy) is 2. The summed E-state index contributed by atoms with van der Waals surface area (Å²) in [4.78, 5) is 24.5. The highest BCUT2D eigenvalue weighted by molar-refractivity contribution is 7.14. The third-order valence-electron chi connectivity index (χ3n) is 4.01. The first-order valence-electron chi connectivity index (χ1n) is 8.83. The van der Waals surface area contributed by atoms with Crippen molar-refractivity contribution >= 4 is 28.2 Å². The average Bonchev–Trinajstić information content (AvgIpc) is 3.20. The standard InChI is InChI=1S/C22H18N2O4S/c1-15(20(25)24-21-18(13-23)11-12-29-21)28-22(26)17-7-9-19(10-8-17)27-14-16-5-3-2-4-6-16/h2-12,15H,14H2,1H3,(H,24,25)/t15-/m0/s1. The number of amides is 1. The van der Waals surface area contributed by atoms with Crippen LogP contribution in [-0.4, -0.2) is 18.0 Å². The van der Waals surface area contributed by atoms with Crippen LogP contribution in [0.3, 0.4) is 0 Å². The minimum atomic E-state index is -1.01. The molecule has 29 heavy (non-hydrogen) atoms. The molecule has 0 bridgehead atoms. The Labute approximate surface area is 172 Å². The molecule has 3 aromatic rings. The number of nitriles is 1. The van der Waals surface area contributed by atoms with Gasteiger partial charge in [0.25, 0.3) is 5.91 Å². The van der Waals surface area contributed by atoms with Gasteiger partial charge in [-0.1, -0.05) is 30.3 Å². The highest BCUT2D eigenvalue weighted by Gasteiger charge is 2.20. The van der Waals surface area contributed by atoms with Crippen LogP contribution in [0.15, 0.2) is 66.0 Å². The molecule has 7 heteroatoms. The second-order valence-corrected chi connectivity index (χ2v) is 7.03. The summed E-state index contributed by atoms with van der Waals surface area (Å²) in [5, 5.41) is 13.7. The maximum atomic E-state index is 12.3. The number of carbonyl (C=O) groups is 2. The first kappa shape index (κ1) is 20.1. The maximum Gasteiger partial charge on any atom is 0.338 e. The Morgan fingerprint density at radius 1 is 1.10 bits per heavy atom. The van der Waals surface area contributed by atoms with Gasteiger partial charge in [-0.05, 0) is 48.2 Å². The molecule has 2 aromatic carbocycles. The van der Waals surface area contributed by atoms with Crippen LogP contribution in [-0.2, 0) is 16.1 Å². The third-order valence-corrected chi connectivity index (χ3v) is 4.84. The molecular formula is C22H18N2O4S. The molecule has 3 rings (SSSR count). The lowest BCUT2D eigenvalue weighted by Crippen LogP contribution is -2.29. The Bertz CT molecular complexity index is 1020. The number of benzene rings is 2. The van der Waals surface area contributed by atoms with Gasteiger partial charge in [-0.3, -0.25) is 4.79 Å². The normalized spacial score (nSPS) is 11.2. The molecule has 1 aromatic heterocycles. The van der Waals surface area contributed by atoms with Gasteiger partial charge in [0.05, 0.1) is 11.1 Å². The summed E-state index contributed by atoms with van der Waals surface area (Å²) in [5.74, 6) is -0.494. The van der Waals surface area contributed by atoms with Crippen LogP contribution in [0.25, 0.3) is 0 Å². The van der Waals surface area contributed by atoms with Crippen molar-refractivity contribution < 1.29 is 19.1 Å². The first-order valence-corrected chi connectivity index (χ1v) is 9.71. The summed E-state index contributed by atoms with van der Waals surface area (Å²) in [6, 6.07) is 19.9. The van der Waals surface area contributed by atoms with E-state index in [9.17, 15) is 9.59 Å². The smallest absolute Gasteiger partial charge is 0.338 e. The van der Waals surface area contributed by atoms with Crippen molar-refractivity contribution in [1.82, 2.24) is 0 Å². The van der Waals surface area contributed by atoms with Gasteiger partial charge in [-0.25, -0.2) is 4.79 Å². The molecule has 0 fully saturated rings. The first-order chi connectivity index (χ1) is 14.1. The molecule has 6 nitrogen and oxygen atoms in total. The number of hydrogen-bond donors (Lipinski definition) is 1. The lowest BCUT2D eigenvalue weighted by Gasteiger charge is -2.13. The summed E-state index contributed by atoms with van der Waals surface area (Å²) in [7, 11) is 0. The van der Waals surface area contributed by atoms with Crippen LogP contribution >= 0.6 is 11.3 Å². The fourth-order valence-electron chi connectivity index (χ4n) is 2.42. The van der Waals surface area contributed by atoms with Crippen molar-refractivity contribution in [2.75, 3.05) is 5.32 Å². The van der Waals surface area contributed by atoms with Crippen LogP contribution < -0.4 is 10.1 Å². The highest BCUT2D eigenvalue weighted by atomic mass is 32.1. The Kier molecular flexibility index (Phi) is 6.61. The molecule has 0 aliphatic heterocycles. The minimum absolute atomic E-state index is 0.311. The summed E-state index contributed by atoms with van der Waals surface area (Å²) in [6.45, 7) is 1.90. The predicted molar refractivity (Wildman–Crippen MR) is 110 cm³/mol. The van der Waals surface area contributed by atoms with Crippen molar-refractivity contribution in [3.8, 4) is 11.8 Å². The van der Waals surface area contributed by atoms with Gasteiger partial charge in [0.15, 0.2) is 6.10 Å². The molecule has 0 radical (unpaired) electrons. The quantitative estimate of drug-likeness (QED) is 0.588. The van der Waals surface area contributed by atoms with E-state index in [4.69, 9.17) is 14.7 Å². The third kappa shape index (κ3) is 5.43. The van der Waals surface area contributed by atoms with E-state index in [1.54, 1.807) is 35.7 Å². The van der Waals surface area contributed by atoms with E-state index in [0.717, 1.165) is 5.56 Å². The Morgan fingerprint density at radius 2 is 1.83 bits per heavy atom. The van der Waals surface area contributed by atoms with Crippen LogP contribution in [0.5, 0.6) is 5.75 Å². The molecule has 0 aliphatic rings. The largest absolute Gasteiger partial charge is 0.489 e. The van der Waals surface area contributed by atoms with Crippen molar-refractivity contribution in [3.05, 3.63) is 82.7 Å². The molecule has 0 saturated carbocycles. The molecule has 1 heterocycles. The number of hydrogen-bond acceptors (Lipinski definition) is 6. The van der Waals surface area contributed by atoms with Gasteiger partial charge < -0.3 is 14.8 Å². The van der Waals surface area contributed by atoms with Crippen molar-refractivity contribution in [1.29, 1.82) is 5.26 Å². The number of carbonyl (C=O) groups excluding carboxylic acids is 2. The molecule has 0 unspecified atom stereocenters. The lowest BCUT2D eigenvalue weighted by atomic mass is 10.2. The molecular weight excluding hydrogens is 388 g/mol. The Morgan fingerprint density at radius 3 is 2.52 bits per heavy atom. The van der Waals surface area contributed by atoms with Crippen LogP contribution in [0.1, 0.15) is 28.4 Å². The van der Waals surface area contributed by atoms with Crippen molar-refractivity contribution in [2.45, 2.75) is 19.6 Å². The molecule has 0 saturated heterocycles. The second-order valence-electron chi connectivity index (χ2n) is 6.11. The average molecular weight is 406 g/mol. The molecule has 146 valence electrons. The monoisotopic (exact) mass is 406 g/mol. The molecule has 0 spiro atoms. The number of nitrogens with zero attached hydrogens (tertiary/aromatic N) is 1. The molecule has 1 N–H and O–H groups in total. The fraction of sp³-hybridized carbons (Fsp3) is 0.136. The zero-order valence-corrected chi connectivity index (χ0v) is 16.4. The number of esters is 1. The Hall–Kier alpha value is -3.63. The lowest BCUT2D eigenvalue weighted by molar-refractivity contribution is -0.123. The Balaban J connectivity index is 1.53. The number of thiophene rings is 1. The summed E-state index contributed by atoms with van der Waals surface area (Å²) in [5.41, 5.74) is 1.72. The topological polar surface area (TPSA) is 88.4 Å². The SMILES string of the molecule is C[C@H](OC(=O)c1ccc(OCc2ccccc2)cc1)C(=O)Nc1sccc1C#N. The fourth-order valence-corrected chi connectivity index (χ4v) is 3.16. The van der Waals surface area contributed by atoms with Gasteiger partial charge in [0.1, 0.15) is 23.4 Å². The maximum absolute atomic E-state index is 12.3. The summed E-state index contributed by atoms with van der Waals surface area (Å²) < 4.78 is 10.9. The number of anilines is 1. The van der Waals surface area contributed by atoms with Gasteiger partial charge in [0.2, 0.25) is 0 Å².